The van der Waals surface area contributed by atoms with Crippen LogP contribution in [0, 0.1) is 0 Å². The minimum Gasteiger partial charge on any atom is -0.497 e. The van der Waals surface area contributed by atoms with Crippen molar-refractivity contribution in [3.8, 4) is 5.75 Å². The molecule has 2 aromatic heterocycles. The van der Waals surface area contributed by atoms with Gasteiger partial charge in [0.1, 0.15) is 17.3 Å². The Bertz CT molecular complexity index is 1600. The number of H-pyrrole nitrogens is 1. The first-order chi connectivity index (χ1) is 17.9. The molecular weight excluding hydrogens is 470 g/mol. The molecule has 0 aliphatic carbocycles. The fourth-order valence-electron chi connectivity index (χ4n) is 4.23. The van der Waals surface area contributed by atoms with E-state index in [9.17, 15) is 14.7 Å². The number of carbonyl (C=O) groups excluding carboxylic acids is 2. The molecule has 37 heavy (non-hydrogen) atoms. The van der Waals surface area contributed by atoms with Gasteiger partial charge in [-0.3, -0.25) is 9.59 Å². The van der Waals surface area contributed by atoms with Crippen molar-refractivity contribution in [3.05, 3.63) is 96.3 Å². The van der Waals surface area contributed by atoms with Crippen LogP contribution in [0.15, 0.2) is 85.1 Å². The highest BCUT2D eigenvalue weighted by atomic mass is 16.5. The second-order valence-electron chi connectivity index (χ2n) is 8.56. The number of fused-ring (bicyclic) bond motifs is 2. The number of hydrogen-bond donors (Lipinski definition) is 5. The van der Waals surface area contributed by atoms with Gasteiger partial charge in [-0.1, -0.05) is 30.3 Å². The molecule has 0 aliphatic rings. The maximum atomic E-state index is 13.2. The summed E-state index contributed by atoms with van der Waals surface area (Å²) in [4.78, 5) is 33.4. The van der Waals surface area contributed by atoms with E-state index in [1.54, 1.807) is 74.0 Å². The number of aromatic nitrogens is 2. The van der Waals surface area contributed by atoms with Crippen molar-refractivity contribution in [1.29, 1.82) is 0 Å². The topological polar surface area (TPSA) is 142 Å². The largest absolute Gasteiger partial charge is 0.497 e. The Hall–Kier alpha value is -4.89. The standard InChI is InChI=1S/C28H25N5O4/c1-37-20-8-10-22-18(14-20)15-23(32-22)27(35)33-24(16-5-3-2-4-6-16)25(34)28(36)31-19-7-9-21-17(13-19)11-12-30-26(21)29/h2-15,24-25,32,34H,1H3,(H2,29,30)(H,31,36)(H,33,35). The van der Waals surface area contributed by atoms with Gasteiger partial charge >= 0.3 is 0 Å². The average Bonchev–Trinajstić information content (AvgIpc) is 3.35. The molecule has 0 radical (unpaired) electrons. The highest BCUT2D eigenvalue weighted by molar-refractivity contribution is 6.01. The number of pyridine rings is 1. The van der Waals surface area contributed by atoms with Crippen LogP contribution in [0.2, 0.25) is 0 Å². The summed E-state index contributed by atoms with van der Waals surface area (Å²) in [5, 5.41) is 19.0. The van der Waals surface area contributed by atoms with Gasteiger partial charge in [-0.15, -0.1) is 0 Å². The molecule has 0 spiro atoms. The lowest BCUT2D eigenvalue weighted by atomic mass is 10.00. The number of aliphatic hydroxyl groups excluding tert-OH is 1. The van der Waals surface area contributed by atoms with Crippen LogP contribution in [0.25, 0.3) is 21.7 Å². The van der Waals surface area contributed by atoms with E-state index in [0.29, 0.717) is 22.8 Å². The van der Waals surface area contributed by atoms with Crippen LogP contribution >= 0.6 is 0 Å². The summed E-state index contributed by atoms with van der Waals surface area (Å²) < 4.78 is 5.25. The second-order valence-corrected chi connectivity index (χ2v) is 8.56. The number of methoxy groups -OCH3 is 1. The lowest BCUT2D eigenvalue weighted by molar-refractivity contribution is -0.125. The van der Waals surface area contributed by atoms with E-state index in [0.717, 1.165) is 21.7 Å². The van der Waals surface area contributed by atoms with E-state index < -0.39 is 24.0 Å². The van der Waals surface area contributed by atoms with Crippen molar-refractivity contribution in [2.24, 2.45) is 0 Å². The summed E-state index contributed by atoms with van der Waals surface area (Å²) in [7, 11) is 1.57. The highest BCUT2D eigenvalue weighted by Crippen LogP contribution is 2.25. The first kappa shape index (κ1) is 23.8. The second kappa shape index (κ2) is 10.00. The molecule has 2 unspecified atom stereocenters. The SMILES string of the molecule is COc1ccc2[nH]c(C(=O)NC(c3ccccc3)C(O)C(=O)Nc3ccc4c(N)nccc4c3)cc2c1. The number of carbonyl (C=O) groups is 2. The number of nitrogens with two attached hydrogens (primary N) is 1. The smallest absolute Gasteiger partial charge is 0.268 e. The Morgan fingerprint density at radius 1 is 1.00 bits per heavy atom. The lowest BCUT2D eigenvalue weighted by Crippen LogP contribution is -2.42. The molecule has 0 fully saturated rings. The Labute approximate surface area is 212 Å². The molecule has 186 valence electrons. The minimum absolute atomic E-state index is 0.289. The Morgan fingerprint density at radius 3 is 2.59 bits per heavy atom. The Kier molecular flexibility index (Phi) is 6.44. The van der Waals surface area contributed by atoms with Crippen LogP contribution in [-0.2, 0) is 4.79 Å². The number of ether oxygens (including phenoxy) is 1. The molecule has 5 rings (SSSR count). The summed E-state index contributed by atoms with van der Waals surface area (Å²) in [6.45, 7) is 0. The molecule has 3 aromatic carbocycles. The predicted molar refractivity (Wildman–Crippen MR) is 142 cm³/mol. The number of aliphatic hydroxyl groups is 1. The molecule has 5 aromatic rings. The van der Waals surface area contributed by atoms with Crippen LogP contribution in [0.3, 0.4) is 0 Å². The zero-order valence-electron chi connectivity index (χ0n) is 19.9. The van der Waals surface area contributed by atoms with Crippen molar-refractivity contribution in [2.75, 3.05) is 18.2 Å². The van der Waals surface area contributed by atoms with Crippen LogP contribution in [0.1, 0.15) is 22.1 Å². The van der Waals surface area contributed by atoms with Gasteiger partial charge in [0.2, 0.25) is 0 Å². The fourth-order valence-corrected chi connectivity index (χ4v) is 4.23. The maximum Gasteiger partial charge on any atom is 0.268 e. The van der Waals surface area contributed by atoms with Gasteiger partial charge in [0, 0.05) is 28.2 Å². The summed E-state index contributed by atoms with van der Waals surface area (Å²) >= 11 is 0. The van der Waals surface area contributed by atoms with Gasteiger partial charge in [-0.25, -0.2) is 4.98 Å². The zero-order valence-corrected chi connectivity index (χ0v) is 19.9. The molecule has 0 bridgehead atoms. The summed E-state index contributed by atoms with van der Waals surface area (Å²) in [5.74, 6) is -0.0838. The number of aromatic amines is 1. The van der Waals surface area contributed by atoms with Gasteiger partial charge < -0.3 is 31.2 Å². The molecular formula is C28H25N5O4. The fraction of sp³-hybridized carbons (Fsp3) is 0.107. The number of rotatable bonds is 7. The highest BCUT2D eigenvalue weighted by Gasteiger charge is 2.30. The molecule has 9 heteroatoms. The van der Waals surface area contributed by atoms with Crippen molar-refractivity contribution in [3.63, 3.8) is 0 Å². The Balaban J connectivity index is 1.39. The van der Waals surface area contributed by atoms with E-state index in [1.807, 2.05) is 18.2 Å². The normalized spacial score (nSPS) is 12.7. The first-order valence-corrected chi connectivity index (χ1v) is 11.6. The number of nitrogen functional groups attached to an aromatic ring is 1. The molecule has 0 saturated carbocycles. The van der Waals surface area contributed by atoms with Crippen molar-refractivity contribution < 1.29 is 19.4 Å². The predicted octanol–water partition coefficient (Wildman–Crippen LogP) is 3.78. The van der Waals surface area contributed by atoms with Gasteiger partial charge in [0.15, 0.2) is 6.10 Å². The van der Waals surface area contributed by atoms with Crippen LogP contribution < -0.4 is 21.1 Å². The first-order valence-electron chi connectivity index (χ1n) is 11.6. The number of amides is 2. The molecule has 9 nitrogen and oxygen atoms in total. The average molecular weight is 496 g/mol. The number of nitrogens with one attached hydrogen (secondary N) is 3. The van der Waals surface area contributed by atoms with E-state index >= 15 is 0 Å². The van der Waals surface area contributed by atoms with E-state index in [2.05, 4.69) is 20.6 Å². The molecule has 6 N–H and O–H groups in total. The van der Waals surface area contributed by atoms with Crippen molar-refractivity contribution in [1.82, 2.24) is 15.3 Å². The number of nitrogens with zero attached hydrogens (tertiary/aromatic N) is 1. The van der Waals surface area contributed by atoms with Gasteiger partial charge in [0.05, 0.1) is 13.2 Å². The molecule has 2 atom stereocenters. The lowest BCUT2D eigenvalue weighted by Gasteiger charge is -2.24. The monoisotopic (exact) mass is 495 g/mol. The summed E-state index contributed by atoms with van der Waals surface area (Å²) in [6.07, 6.45) is 0.00756. The van der Waals surface area contributed by atoms with Crippen LogP contribution in [0.4, 0.5) is 11.5 Å². The van der Waals surface area contributed by atoms with Crippen molar-refractivity contribution in [2.45, 2.75) is 12.1 Å². The number of benzene rings is 3. The number of anilines is 2. The zero-order chi connectivity index (χ0) is 25.9. The quantitative estimate of drug-likeness (QED) is 0.233. The van der Waals surface area contributed by atoms with E-state index in [1.165, 1.54) is 0 Å². The van der Waals surface area contributed by atoms with E-state index in [-0.39, 0.29) is 5.69 Å². The third-order valence-corrected chi connectivity index (χ3v) is 6.16. The van der Waals surface area contributed by atoms with Crippen LogP contribution in [-0.4, -0.2) is 40.1 Å². The van der Waals surface area contributed by atoms with Crippen LogP contribution in [0.5, 0.6) is 5.75 Å². The summed E-state index contributed by atoms with van der Waals surface area (Å²) in [5.41, 5.74) is 8.01. The summed E-state index contributed by atoms with van der Waals surface area (Å²) in [6, 6.07) is 21.9. The van der Waals surface area contributed by atoms with Gasteiger partial charge in [-0.2, -0.15) is 0 Å². The third-order valence-electron chi connectivity index (χ3n) is 6.16. The number of hydrogen-bond acceptors (Lipinski definition) is 6. The molecule has 0 aliphatic heterocycles. The molecule has 2 amide bonds. The third kappa shape index (κ3) is 4.93. The molecule has 2 heterocycles. The van der Waals surface area contributed by atoms with Gasteiger partial charge in [0.25, 0.3) is 11.8 Å². The Morgan fingerprint density at radius 2 is 1.81 bits per heavy atom. The maximum absolute atomic E-state index is 13.2. The minimum atomic E-state index is -1.57. The van der Waals surface area contributed by atoms with E-state index in [4.69, 9.17) is 10.5 Å². The van der Waals surface area contributed by atoms with Gasteiger partial charge in [-0.05, 0) is 59.5 Å². The van der Waals surface area contributed by atoms with Crippen molar-refractivity contribution >= 4 is 45.0 Å². The molecule has 0 saturated heterocycles.